The monoisotopic (exact) mass is 243 g/mol. The van der Waals surface area contributed by atoms with Crippen molar-refractivity contribution in [2.24, 2.45) is 5.73 Å². The Morgan fingerprint density at radius 3 is 2.82 bits per heavy atom. The van der Waals surface area contributed by atoms with Gasteiger partial charge in [0.05, 0.1) is 12.5 Å². The Hall–Kier alpha value is -1.63. The molecule has 1 fully saturated rings. The Kier molecular flexibility index (Phi) is 4.45. The van der Waals surface area contributed by atoms with Gasteiger partial charge in [-0.1, -0.05) is 6.92 Å². The maximum atomic E-state index is 11.9. The number of carbonyl (C=O) groups excluding carboxylic acids is 2. The number of aliphatic carboxylic acids is 1. The Bertz CT molecular complexity index is 332. The highest BCUT2D eigenvalue weighted by Gasteiger charge is 2.35. The zero-order valence-electron chi connectivity index (χ0n) is 9.68. The topological polar surface area (TPSA) is 113 Å². The molecule has 1 rings (SSSR count). The number of nitrogens with one attached hydrogen (secondary N) is 1. The van der Waals surface area contributed by atoms with Crippen molar-refractivity contribution in [2.45, 2.75) is 31.8 Å². The number of nitrogens with zero attached hydrogens (tertiary/aromatic N) is 1. The SMILES string of the molecule is CC[C@H](N)C(=O)N1CCNC(=O)C1CC(=O)O. The fraction of sp³-hybridized carbons (Fsp3) is 0.700. The minimum absolute atomic E-state index is 0.302. The number of carboxylic acid groups (broad SMARTS) is 1. The Morgan fingerprint density at radius 1 is 1.65 bits per heavy atom. The number of carboxylic acids is 1. The van der Waals surface area contributed by atoms with Gasteiger partial charge in [-0.3, -0.25) is 14.4 Å². The van der Waals surface area contributed by atoms with Gasteiger partial charge in [0.2, 0.25) is 11.8 Å². The highest BCUT2D eigenvalue weighted by atomic mass is 16.4. The van der Waals surface area contributed by atoms with Gasteiger partial charge in [-0.2, -0.15) is 0 Å². The first-order valence-corrected chi connectivity index (χ1v) is 5.53. The molecule has 1 unspecified atom stereocenters. The maximum absolute atomic E-state index is 11.9. The van der Waals surface area contributed by atoms with E-state index in [0.717, 1.165) is 0 Å². The first-order valence-electron chi connectivity index (χ1n) is 5.53. The second kappa shape index (κ2) is 5.62. The molecule has 0 spiro atoms. The van der Waals surface area contributed by atoms with E-state index < -0.39 is 30.4 Å². The third-order valence-corrected chi connectivity index (χ3v) is 2.74. The van der Waals surface area contributed by atoms with Crippen molar-refractivity contribution >= 4 is 17.8 Å². The van der Waals surface area contributed by atoms with Crippen molar-refractivity contribution in [1.82, 2.24) is 10.2 Å². The molecule has 0 aromatic heterocycles. The van der Waals surface area contributed by atoms with Crippen LogP contribution >= 0.6 is 0 Å². The van der Waals surface area contributed by atoms with E-state index in [1.165, 1.54) is 4.90 Å². The van der Waals surface area contributed by atoms with Crippen LogP contribution in [0.25, 0.3) is 0 Å². The maximum Gasteiger partial charge on any atom is 0.305 e. The predicted molar refractivity (Wildman–Crippen MR) is 59.0 cm³/mol. The van der Waals surface area contributed by atoms with E-state index in [1.807, 2.05) is 0 Å². The van der Waals surface area contributed by atoms with E-state index in [2.05, 4.69) is 5.32 Å². The average molecular weight is 243 g/mol. The number of hydrogen-bond donors (Lipinski definition) is 3. The van der Waals surface area contributed by atoms with Crippen LogP contribution in [0.4, 0.5) is 0 Å². The zero-order valence-corrected chi connectivity index (χ0v) is 9.68. The van der Waals surface area contributed by atoms with E-state index in [1.54, 1.807) is 6.92 Å². The zero-order chi connectivity index (χ0) is 13.0. The molecule has 2 atom stereocenters. The van der Waals surface area contributed by atoms with E-state index in [9.17, 15) is 14.4 Å². The molecular formula is C10H17N3O4. The molecule has 96 valence electrons. The summed E-state index contributed by atoms with van der Waals surface area (Å²) in [5, 5.41) is 11.3. The summed E-state index contributed by atoms with van der Waals surface area (Å²) in [7, 11) is 0. The molecule has 1 heterocycles. The van der Waals surface area contributed by atoms with Crippen molar-refractivity contribution in [3.05, 3.63) is 0 Å². The van der Waals surface area contributed by atoms with Crippen molar-refractivity contribution in [1.29, 1.82) is 0 Å². The molecule has 0 aliphatic carbocycles. The molecule has 0 radical (unpaired) electrons. The molecule has 0 aromatic rings. The molecule has 0 saturated carbocycles. The van der Waals surface area contributed by atoms with Crippen LogP contribution in [0.15, 0.2) is 0 Å². The van der Waals surface area contributed by atoms with Gasteiger partial charge in [0.1, 0.15) is 6.04 Å². The van der Waals surface area contributed by atoms with Gasteiger partial charge < -0.3 is 21.1 Å². The highest BCUT2D eigenvalue weighted by molar-refractivity contribution is 5.93. The predicted octanol–water partition coefficient (Wildman–Crippen LogP) is -1.47. The number of amides is 2. The molecule has 1 saturated heterocycles. The summed E-state index contributed by atoms with van der Waals surface area (Å²) in [4.78, 5) is 35.4. The summed E-state index contributed by atoms with van der Waals surface area (Å²) >= 11 is 0. The largest absolute Gasteiger partial charge is 0.481 e. The third-order valence-electron chi connectivity index (χ3n) is 2.74. The molecule has 2 amide bonds. The molecule has 7 heteroatoms. The lowest BCUT2D eigenvalue weighted by molar-refractivity contribution is -0.149. The number of hydrogen-bond acceptors (Lipinski definition) is 4. The lowest BCUT2D eigenvalue weighted by atomic mass is 10.1. The lowest BCUT2D eigenvalue weighted by Gasteiger charge is -2.35. The molecule has 0 aromatic carbocycles. The Labute approximate surface area is 98.9 Å². The lowest BCUT2D eigenvalue weighted by Crippen LogP contribution is -2.60. The first-order chi connectivity index (χ1) is 7.97. The van der Waals surface area contributed by atoms with E-state index in [-0.39, 0.29) is 5.91 Å². The van der Waals surface area contributed by atoms with E-state index >= 15 is 0 Å². The fourth-order valence-electron chi connectivity index (χ4n) is 1.73. The number of rotatable bonds is 4. The van der Waals surface area contributed by atoms with Gasteiger partial charge in [-0.15, -0.1) is 0 Å². The highest BCUT2D eigenvalue weighted by Crippen LogP contribution is 2.11. The normalized spacial score (nSPS) is 21.9. The van der Waals surface area contributed by atoms with Crippen LogP contribution in [0, 0.1) is 0 Å². The second-order valence-electron chi connectivity index (χ2n) is 3.95. The van der Waals surface area contributed by atoms with Crippen LogP contribution in [0.1, 0.15) is 19.8 Å². The minimum atomic E-state index is -1.12. The summed E-state index contributed by atoms with van der Waals surface area (Å²) in [5.41, 5.74) is 5.62. The summed E-state index contributed by atoms with van der Waals surface area (Å²) in [5.74, 6) is -1.92. The van der Waals surface area contributed by atoms with Crippen LogP contribution in [-0.4, -0.2) is 53.0 Å². The van der Waals surface area contributed by atoms with Crippen molar-refractivity contribution in [3.8, 4) is 0 Å². The Balaban J connectivity index is 2.82. The van der Waals surface area contributed by atoms with Crippen LogP contribution in [0.3, 0.4) is 0 Å². The van der Waals surface area contributed by atoms with Gasteiger partial charge in [-0.25, -0.2) is 0 Å². The number of piperazine rings is 1. The molecular weight excluding hydrogens is 226 g/mol. The van der Waals surface area contributed by atoms with Gasteiger partial charge in [0, 0.05) is 13.1 Å². The van der Waals surface area contributed by atoms with Gasteiger partial charge in [-0.05, 0) is 6.42 Å². The Morgan fingerprint density at radius 2 is 2.29 bits per heavy atom. The van der Waals surface area contributed by atoms with Crippen molar-refractivity contribution in [3.63, 3.8) is 0 Å². The fourth-order valence-corrected chi connectivity index (χ4v) is 1.73. The second-order valence-corrected chi connectivity index (χ2v) is 3.95. The quantitative estimate of drug-likeness (QED) is 0.557. The van der Waals surface area contributed by atoms with E-state index in [4.69, 9.17) is 10.8 Å². The molecule has 4 N–H and O–H groups in total. The average Bonchev–Trinajstić information content (AvgIpc) is 2.29. The van der Waals surface area contributed by atoms with Gasteiger partial charge in [0.25, 0.3) is 0 Å². The van der Waals surface area contributed by atoms with Crippen LogP contribution in [-0.2, 0) is 14.4 Å². The van der Waals surface area contributed by atoms with Gasteiger partial charge in [0.15, 0.2) is 0 Å². The molecule has 1 aliphatic heterocycles. The molecule has 0 bridgehead atoms. The standard InChI is InChI=1S/C10H17N3O4/c1-2-6(11)10(17)13-4-3-12-9(16)7(13)5-8(14)15/h6-7H,2-5,11H2,1H3,(H,12,16)(H,14,15)/t6-,7?/m0/s1. The van der Waals surface area contributed by atoms with Crippen LogP contribution in [0.5, 0.6) is 0 Å². The van der Waals surface area contributed by atoms with Crippen LogP contribution in [0.2, 0.25) is 0 Å². The summed E-state index contributed by atoms with van der Waals surface area (Å²) in [6, 6.07) is -1.64. The molecule has 7 nitrogen and oxygen atoms in total. The molecule has 1 aliphatic rings. The smallest absolute Gasteiger partial charge is 0.305 e. The van der Waals surface area contributed by atoms with Crippen molar-refractivity contribution in [2.75, 3.05) is 13.1 Å². The molecule has 17 heavy (non-hydrogen) atoms. The van der Waals surface area contributed by atoms with E-state index in [0.29, 0.717) is 19.5 Å². The first kappa shape index (κ1) is 13.4. The summed E-state index contributed by atoms with van der Waals surface area (Å²) in [6.45, 7) is 2.39. The minimum Gasteiger partial charge on any atom is -0.481 e. The number of carbonyl (C=O) groups is 3. The van der Waals surface area contributed by atoms with Crippen molar-refractivity contribution < 1.29 is 19.5 Å². The van der Waals surface area contributed by atoms with Gasteiger partial charge >= 0.3 is 5.97 Å². The summed E-state index contributed by atoms with van der Waals surface area (Å²) in [6.07, 6.45) is 0.0603. The number of nitrogens with two attached hydrogens (primary N) is 1. The van der Waals surface area contributed by atoms with Crippen LogP contribution < -0.4 is 11.1 Å². The third kappa shape index (κ3) is 3.16. The summed E-state index contributed by atoms with van der Waals surface area (Å²) < 4.78 is 0.